The van der Waals surface area contributed by atoms with Gasteiger partial charge in [0.05, 0.1) is 25.2 Å². The molecule has 0 amide bonds. The van der Waals surface area contributed by atoms with Crippen molar-refractivity contribution in [2.75, 3.05) is 31.6 Å². The van der Waals surface area contributed by atoms with Crippen LogP contribution in [0, 0.1) is 0 Å². The van der Waals surface area contributed by atoms with E-state index in [2.05, 4.69) is 28.2 Å². The monoisotopic (exact) mass is 351 g/mol. The van der Waals surface area contributed by atoms with Gasteiger partial charge in [0.25, 0.3) is 0 Å². The van der Waals surface area contributed by atoms with E-state index in [1.807, 2.05) is 6.20 Å². The number of anilines is 1. The summed E-state index contributed by atoms with van der Waals surface area (Å²) < 4.78 is 5.22. The van der Waals surface area contributed by atoms with Gasteiger partial charge in [-0.25, -0.2) is 9.59 Å². The summed E-state index contributed by atoms with van der Waals surface area (Å²) in [5.41, 5.74) is 1.17. The largest absolute Gasteiger partial charge is 0.495 e. The summed E-state index contributed by atoms with van der Waals surface area (Å²) in [6.45, 7) is 5.49. The first-order valence-electron chi connectivity index (χ1n) is 8.03. The maximum atomic E-state index is 9.55. The molecule has 0 aromatic carbocycles. The van der Waals surface area contributed by atoms with Gasteiger partial charge in [0, 0.05) is 37.3 Å². The third kappa shape index (κ3) is 8.71. The van der Waals surface area contributed by atoms with Crippen molar-refractivity contribution in [2.24, 2.45) is 0 Å². The zero-order valence-corrected chi connectivity index (χ0v) is 14.5. The number of carbonyl (C=O) groups is 2. The second kappa shape index (κ2) is 11.0. The summed E-state index contributed by atoms with van der Waals surface area (Å²) in [6.07, 6.45) is 7.11. The van der Waals surface area contributed by atoms with Crippen molar-refractivity contribution in [1.82, 2.24) is 10.3 Å². The van der Waals surface area contributed by atoms with E-state index in [0.29, 0.717) is 18.2 Å². The van der Waals surface area contributed by atoms with E-state index in [9.17, 15) is 9.59 Å². The Hall–Kier alpha value is -2.61. The molecule has 1 atom stereocenters. The van der Waals surface area contributed by atoms with E-state index in [-0.39, 0.29) is 0 Å². The van der Waals surface area contributed by atoms with Gasteiger partial charge in [-0.05, 0) is 26.3 Å². The molecule has 1 fully saturated rings. The Morgan fingerprint density at radius 3 is 2.56 bits per heavy atom. The van der Waals surface area contributed by atoms with E-state index in [0.717, 1.165) is 31.8 Å². The smallest absolute Gasteiger partial charge is 0.328 e. The van der Waals surface area contributed by atoms with Crippen LogP contribution < -0.4 is 15.0 Å². The summed E-state index contributed by atoms with van der Waals surface area (Å²) in [7, 11) is 1.68. The molecule has 1 aliphatic heterocycles. The van der Waals surface area contributed by atoms with Crippen molar-refractivity contribution in [3.63, 3.8) is 0 Å². The summed E-state index contributed by atoms with van der Waals surface area (Å²) in [4.78, 5) is 25.7. The van der Waals surface area contributed by atoms with Gasteiger partial charge in [0.2, 0.25) is 0 Å². The fraction of sp³-hybridized carbons (Fsp3) is 0.471. The van der Waals surface area contributed by atoms with Gasteiger partial charge in [-0.1, -0.05) is 0 Å². The SMILES string of the molecule is COc1cncc(N2CCCNC(C)CC2)c1.O=C(O)/C=C/C(=O)O. The number of rotatable bonds is 4. The van der Waals surface area contributed by atoms with E-state index >= 15 is 0 Å². The third-order valence-electron chi connectivity index (χ3n) is 3.60. The topological polar surface area (TPSA) is 112 Å². The number of pyridine rings is 1. The fourth-order valence-corrected chi connectivity index (χ4v) is 2.27. The molecule has 0 spiro atoms. The Morgan fingerprint density at radius 2 is 1.96 bits per heavy atom. The van der Waals surface area contributed by atoms with Crippen molar-refractivity contribution in [3.05, 3.63) is 30.6 Å². The number of nitrogens with one attached hydrogen (secondary N) is 1. The number of carboxylic acid groups (broad SMARTS) is 2. The minimum Gasteiger partial charge on any atom is -0.495 e. The van der Waals surface area contributed by atoms with Gasteiger partial charge in [-0.2, -0.15) is 0 Å². The minimum atomic E-state index is -1.26. The van der Waals surface area contributed by atoms with Crippen LogP contribution in [0.4, 0.5) is 5.69 Å². The van der Waals surface area contributed by atoms with Gasteiger partial charge in [-0.3, -0.25) is 4.98 Å². The molecule has 8 nitrogen and oxygen atoms in total. The Morgan fingerprint density at radius 1 is 1.28 bits per heavy atom. The molecule has 138 valence electrons. The molecule has 25 heavy (non-hydrogen) atoms. The quantitative estimate of drug-likeness (QED) is 0.698. The van der Waals surface area contributed by atoms with E-state index < -0.39 is 11.9 Å². The second-order valence-corrected chi connectivity index (χ2v) is 5.58. The molecule has 1 aromatic rings. The number of nitrogens with zero attached hydrogens (tertiary/aromatic N) is 2. The van der Waals surface area contributed by atoms with Crippen molar-refractivity contribution < 1.29 is 24.5 Å². The maximum absolute atomic E-state index is 9.55. The molecule has 0 saturated carbocycles. The van der Waals surface area contributed by atoms with Crippen molar-refractivity contribution >= 4 is 17.6 Å². The summed E-state index contributed by atoms with van der Waals surface area (Å²) in [5, 5.41) is 19.1. The van der Waals surface area contributed by atoms with Gasteiger partial charge in [0.1, 0.15) is 5.75 Å². The highest BCUT2D eigenvalue weighted by molar-refractivity contribution is 5.89. The zero-order valence-electron chi connectivity index (χ0n) is 14.5. The predicted molar refractivity (Wildman–Crippen MR) is 94.1 cm³/mol. The first-order valence-corrected chi connectivity index (χ1v) is 8.03. The van der Waals surface area contributed by atoms with Gasteiger partial charge < -0.3 is 25.2 Å². The average molecular weight is 351 g/mol. The van der Waals surface area contributed by atoms with Gasteiger partial charge in [0.15, 0.2) is 0 Å². The van der Waals surface area contributed by atoms with Crippen molar-refractivity contribution in [2.45, 2.75) is 25.8 Å². The summed E-state index contributed by atoms with van der Waals surface area (Å²) >= 11 is 0. The molecular weight excluding hydrogens is 326 g/mol. The molecule has 1 saturated heterocycles. The van der Waals surface area contributed by atoms with Gasteiger partial charge >= 0.3 is 11.9 Å². The van der Waals surface area contributed by atoms with Gasteiger partial charge in [-0.15, -0.1) is 0 Å². The van der Waals surface area contributed by atoms with Crippen molar-refractivity contribution in [3.8, 4) is 5.75 Å². The lowest BCUT2D eigenvalue weighted by molar-refractivity contribution is -0.134. The van der Waals surface area contributed by atoms with Crippen molar-refractivity contribution in [1.29, 1.82) is 0 Å². The van der Waals surface area contributed by atoms with Crippen LogP contribution in [0.1, 0.15) is 19.8 Å². The van der Waals surface area contributed by atoms with Crippen LogP contribution in [0.5, 0.6) is 5.75 Å². The highest BCUT2D eigenvalue weighted by Crippen LogP contribution is 2.20. The number of aromatic nitrogens is 1. The molecule has 1 aromatic heterocycles. The third-order valence-corrected chi connectivity index (χ3v) is 3.60. The lowest BCUT2D eigenvalue weighted by Gasteiger charge is -2.29. The first-order chi connectivity index (χ1) is 11.9. The highest BCUT2D eigenvalue weighted by Gasteiger charge is 2.12. The average Bonchev–Trinajstić information content (AvgIpc) is 2.57. The number of methoxy groups -OCH3 is 1. The Labute approximate surface area is 147 Å². The van der Waals surface area contributed by atoms with Crippen LogP contribution in [0.2, 0.25) is 0 Å². The van der Waals surface area contributed by atoms with E-state index in [1.54, 1.807) is 13.3 Å². The van der Waals surface area contributed by atoms with Crippen LogP contribution in [0.15, 0.2) is 30.6 Å². The Bertz CT molecular complexity index is 575. The number of carboxylic acids is 2. The summed E-state index contributed by atoms with van der Waals surface area (Å²) in [6, 6.07) is 2.66. The van der Waals surface area contributed by atoms with Crippen LogP contribution in [-0.2, 0) is 9.59 Å². The molecule has 8 heteroatoms. The molecular formula is C17H25N3O5. The maximum Gasteiger partial charge on any atom is 0.328 e. The van der Waals surface area contributed by atoms with Crippen LogP contribution in [-0.4, -0.2) is 59.9 Å². The molecule has 0 aliphatic carbocycles. The van der Waals surface area contributed by atoms with Crippen LogP contribution in [0.3, 0.4) is 0 Å². The lowest BCUT2D eigenvalue weighted by atomic mass is 10.1. The zero-order chi connectivity index (χ0) is 18.7. The second-order valence-electron chi connectivity index (χ2n) is 5.58. The van der Waals surface area contributed by atoms with E-state index in [1.165, 1.54) is 12.1 Å². The molecule has 1 unspecified atom stereocenters. The normalized spacial score (nSPS) is 17.8. The molecule has 2 heterocycles. The fourth-order valence-electron chi connectivity index (χ4n) is 2.27. The highest BCUT2D eigenvalue weighted by atomic mass is 16.5. The molecule has 0 radical (unpaired) electrons. The van der Waals surface area contributed by atoms with Crippen LogP contribution >= 0.6 is 0 Å². The minimum absolute atomic E-state index is 0.558. The molecule has 1 aliphatic rings. The Balaban J connectivity index is 0.000000333. The number of hydrogen-bond donors (Lipinski definition) is 3. The standard InChI is InChI=1S/C13H21N3O.C4H4O4/c1-11-4-7-16(6-3-5-15-11)12-8-13(17-2)10-14-9-12;5-3(6)1-2-4(7)8/h8-11,15H,3-7H2,1-2H3;1-2H,(H,5,6)(H,7,8)/b;2-1+. The van der Waals surface area contributed by atoms with E-state index in [4.69, 9.17) is 14.9 Å². The first kappa shape index (κ1) is 20.4. The number of ether oxygens (including phenoxy) is 1. The van der Waals surface area contributed by atoms with Crippen LogP contribution in [0.25, 0.3) is 0 Å². The molecule has 3 N–H and O–H groups in total. The molecule has 2 rings (SSSR count). The predicted octanol–water partition coefficient (Wildman–Crippen LogP) is 1.38. The Kier molecular flexibility index (Phi) is 9.02. The number of hydrogen-bond acceptors (Lipinski definition) is 6. The summed E-state index contributed by atoms with van der Waals surface area (Å²) in [5.74, 6) is -1.68. The lowest BCUT2D eigenvalue weighted by Crippen LogP contribution is -2.38. The number of aliphatic carboxylic acids is 2. The molecule has 0 bridgehead atoms.